The molecule has 0 fully saturated rings. The number of aromatic nitrogens is 1. The second kappa shape index (κ2) is 5.24. The van der Waals surface area contributed by atoms with Gasteiger partial charge >= 0.3 is 5.97 Å². The summed E-state index contributed by atoms with van der Waals surface area (Å²) < 4.78 is 4.56. The summed E-state index contributed by atoms with van der Waals surface area (Å²) in [7, 11) is 1.27. The van der Waals surface area contributed by atoms with Crippen molar-refractivity contribution in [3.05, 3.63) is 30.1 Å². The molecule has 0 amide bonds. The van der Waals surface area contributed by atoms with Gasteiger partial charge in [0.25, 0.3) is 0 Å². The summed E-state index contributed by atoms with van der Waals surface area (Å²) in [6.07, 6.45) is 1.94. The monoisotopic (exact) mass is 207 g/mol. The molecule has 80 valence electrons. The van der Waals surface area contributed by atoms with E-state index >= 15 is 0 Å². The molecule has 1 rings (SSSR count). The normalized spacial score (nSPS) is 11.9. The van der Waals surface area contributed by atoms with Crippen LogP contribution in [-0.4, -0.2) is 23.8 Å². The molecule has 0 unspecified atom stereocenters. The van der Waals surface area contributed by atoms with Crippen LogP contribution in [0.4, 0.5) is 0 Å². The quantitative estimate of drug-likeness (QED) is 0.426. The molecule has 0 bridgehead atoms. The highest BCUT2D eigenvalue weighted by Gasteiger charge is 2.27. The van der Waals surface area contributed by atoms with Gasteiger partial charge in [0.2, 0.25) is 0 Å². The lowest BCUT2D eigenvalue weighted by atomic mass is 9.98. The largest absolute Gasteiger partial charge is 0.468 e. The van der Waals surface area contributed by atoms with E-state index in [4.69, 9.17) is 0 Å². The van der Waals surface area contributed by atoms with E-state index in [1.165, 1.54) is 13.3 Å². The first-order chi connectivity index (χ1) is 7.20. The predicted molar refractivity (Wildman–Crippen MR) is 54.4 cm³/mol. The highest BCUT2D eigenvalue weighted by atomic mass is 16.5. The fraction of sp³-hybridized carbons (Fsp3) is 0.364. The van der Waals surface area contributed by atoms with Gasteiger partial charge in [0.05, 0.1) is 7.11 Å². The van der Waals surface area contributed by atoms with E-state index in [2.05, 4.69) is 9.72 Å². The number of ether oxygens (including phenoxy) is 1. The SMILES string of the molecule is CC[C@H](C(=O)OC)C(=O)c1ccccn1. The lowest BCUT2D eigenvalue weighted by Crippen LogP contribution is -2.25. The van der Waals surface area contributed by atoms with Crippen molar-refractivity contribution in [2.75, 3.05) is 7.11 Å². The van der Waals surface area contributed by atoms with E-state index in [0.29, 0.717) is 12.1 Å². The molecule has 0 saturated carbocycles. The number of esters is 1. The van der Waals surface area contributed by atoms with Crippen molar-refractivity contribution in [1.82, 2.24) is 4.98 Å². The molecular formula is C11H13NO3. The Hall–Kier alpha value is -1.71. The molecule has 0 aliphatic carbocycles. The number of methoxy groups -OCH3 is 1. The lowest BCUT2D eigenvalue weighted by Gasteiger charge is -2.09. The topological polar surface area (TPSA) is 56.3 Å². The molecular weight excluding hydrogens is 194 g/mol. The first-order valence-corrected chi connectivity index (χ1v) is 4.73. The number of pyridine rings is 1. The van der Waals surface area contributed by atoms with Crippen LogP contribution in [-0.2, 0) is 9.53 Å². The zero-order valence-electron chi connectivity index (χ0n) is 8.77. The molecule has 15 heavy (non-hydrogen) atoms. The number of nitrogens with zero attached hydrogens (tertiary/aromatic N) is 1. The second-order valence-electron chi connectivity index (χ2n) is 3.06. The van der Waals surface area contributed by atoms with Crippen LogP contribution in [0.1, 0.15) is 23.8 Å². The zero-order chi connectivity index (χ0) is 11.3. The van der Waals surface area contributed by atoms with Crippen molar-refractivity contribution in [3.8, 4) is 0 Å². The van der Waals surface area contributed by atoms with E-state index in [-0.39, 0.29) is 5.78 Å². The fourth-order valence-electron chi connectivity index (χ4n) is 1.29. The average molecular weight is 207 g/mol. The molecule has 1 heterocycles. The second-order valence-corrected chi connectivity index (χ2v) is 3.06. The van der Waals surface area contributed by atoms with Crippen LogP contribution in [0, 0.1) is 5.92 Å². The molecule has 1 aromatic heterocycles. The van der Waals surface area contributed by atoms with Crippen LogP contribution < -0.4 is 0 Å². The van der Waals surface area contributed by atoms with Gasteiger partial charge in [0.15, 0.2) is 5.78 Å². The summed E-state index contributed by atoms with van der Waals surface area (Å²) in [5.74, 6) is -1.54. The Balaban J connectivity index is 2.87. The lowest BCUT2D eigenvalue weighted by molar-refractivity contribution is -0.143. The number of carbonyl (C=O) groups excluding carboxylic acids is 2. The third-order valence-corrected chi connectivity index (χ3v) is 2.13. The maximum atomic E-state index is 11.8. The van der Waals surface area contributed by atoms with Crippen LogP contribution in [0.15, 0.2) is 24.4 Å². The number of Topliss-reactive ketones (excluding diaryl/α,β-unsaturated/α-hetero) is 1. The molecule has 1 aromatic rings. The summed E-state index contributed by atoms with van der Waals surface area (Å²) in [6.45, 7) is 1.77. The van der Waals surface area contributed by atoms with Gasteiger partial charge in [0, 0.05) is 6.20 Å². The van der Waals surface area contributed by atoms with E-state index < -0.39 is 11.9 Å². The summed E-state index contributed by atoms with van der Waals surface area (Å²) in [5.41, 5.74) is 0.301. The number of carbonyl (C=O) groups is 2. The van der Waals surface area contributed by atoms with Crippen molar-refractivity contribution >= 4 is 11.8 Å². The smallest absolute Gasteiger partial charge is 0.316 e. The zero-order valence-corrected chi connectivity index (χ0v) is 8.77. The minimum Gasteiger partial charge on any atom is -0.468 e. The third kappa shape index (κ3) is 2.62. The maximum absolute atomic E-state index is 11.8. The van der Waals surface area contributed by atoms with E-state index in [1.54, 1.807) is 25.1 Å². The molecule has 0 aliphatic rings. The molecule has 1 atom stereocenters. The Kier molecular flexibility index (Phi) is 3.97. The molecule has 0 saturated heterocycles. The Morgan fingerprint density at radius 1 is 1.47 bits per heavy atom. The van der Waals surface area contributed by atoms with Crippen LogP contribution in [0.5, 0.6) is 0 Å². The van der Waals surface area contributed by atoms with Crippen LogP contribution in [0.3, 0.4) is 0 Å². The molecule has 0 aliphatic heterocycles. The Morgan fingerprint density at radius 2 is 2.20 bits per heavy atom. The van der Waals surface area contributed by atoms with Crippen LogP contribution >= 0.6 is 0 Å². The van der Waals surface area contributed by atoms with Gasteiger partial charge in [-0.1, -0.05) is 13.0 Å². The molecule has 0 aromatic carbocycles. The van der Waals surface area contributed by atoms with Crippen molar-refractivity contribution in [1.29, 1.82) is 0 Å². The molecule has 0 spiro atoms. The minimum atomic E-state index is -0.745. The van der Waals surface area contributed by atoms with Crippen molar-refractivity contribution in [2.24, 2.45) is 5.92 Å². The van der Waals surface area contributed by atoms with E-state index in [0.717, 1.165) is 0 Å². The van der Waals surface area contributed by atoms with Gasteiger partial charge in [-0.2, -0.15) is 0 Å². The summed E-state index contributed by atoms with van der Waals surface area (Å²) in [4.78, 5) is 27.0. The fourth-order valence-corrected chi connectivity index (χ4v) is 1.29. The van der Waals surface area contributed by atoms with Gasteiger partial charge in [-0.25, -0.2) is 0 Å². The predicted octanol–water partition coefficient (Wildman–Crippen LogP) is 1.46. The first kappa shape index (κ1) is 11.4. The number of hydrogen-bond donors (Lipinski definition) is 0. The standard InChI is InChI=1S/C11H13NO3/c1-3-8(11(14)15-2)10(13)9-6-4-5-7-12-9/h4-8H,3H2,1-2H3/t8-/m0/s1. The van der Waals surface area contributed by atoms with Crippen LogP contribution in [0.25, 0.3) is 0 Å². The molecule has 0 N–H and O–H groups in total. The molecule has 4 heteroatoms. The summed E-state index contributed by atoms with van der Waals surface area (Å²) in [5, 5.41) is 0. The van der Waals surface area contributed by atoms with Crippen molar-refractivity contribution in [3.63, 3.8) is 0 Å². The minimum absolute atomic E-state index is 0.287. The Morgan fingerprint density at radius 3 is 2.67 bits per heavy atom. The van der Waals surface area contributed by atoms with Gasteiger partial charge < -0.3 is 4.74 Å². The van der Waals surface area contributed by atoms with Gasteiger partial charge in [0.1, 0.15) is 11.6 Å². The Bertz CT molecular complexity index is 348. The van der Waals surface area contributed by atoms with Gasteiger partial charge in [-0.15, -0.1) is 0 Å². The molecule has 4 nitrogen and oxygen atoms in total. The van der Waals surface area contributed by atoms with Crippen molar-refractivity contribution in [2.45, 2.75) is 13.3 Å². The van der Waals surface area contributed by atoms with Gasteiger partial charge in [-0.05, 0) is 18.6 Å². The summed E-state index contributed by atoms with van der Waals surface area (Å²) in [6, 6.07) is 5.02. The van der Waals surface area contributed by atoms with E-state index in [1.807, 2.05) is 0 Å². The number of ketones is 1. The van der Waals surface area contributed by atoms with Crippen molar-refractivity contribution < 1.29 is 14.3 Å². The Labute approximate surface area is 88.3 Å². The maximum Gasteiger partial charge on any atom is 0.316 e. The van der Waals surface area contributed by atoms with E-state index in [9.17, 15) is 9.59 Å². The number of hydrogen-bond acceptors (Lipinski definition) is 4. The highest BCUT2D eigenvalue weighted by Crippen LogP contribution is 2.11. The average Bonchev–Trinajstić information content (AvgIpc) is 2.30. The van der Waals surface area contributed by atoms with Crippen LogP contribution in [0.2, 0.25) is 0 Å². The van der Waals surface area contributed by atoms with Gasteiger partial charge in [-0.3, -0.25) is 14.6 Å². The summed E-state index contributed by atoms with van der Waals surface area (Å²) >= 11 is 0. The number of rotatable bonds is 4. The first-order valence-electron chi connectivity index (χ1n) is 4.73. The third-order valence-electron chi connectivity index (χ3n) is 2.13. The highest BCUT2D eigenvalue weighted by molar-refractivity contribution is 6.07. The molecule has 0 radical (unpaired) electrons.